The zero-order valence-electron chi connectivity index (χ0n) is 9.97. The van der Waals surface area contributed by atoms with E-state index >= 15 is 0 Å². The summed E-state index contributed by atoms with van der Waals surface area (Å²) in [5.41, 5.74) is 0. The third-order valence-electron chi connectivity index (χ3n) is 3.84. The van der Waals surface area contributed by atoms with Gasteiger partial charge in [-0.25, -0.2) is 0 Å². The SMILES string of the molecule is O=C(c1cccs1)N1CCC(N2CCCC2)C1. The first-order chi connectivity index (χ1) is 8.34. The highest BCUT2D eigenvalue weighted by atomic mass is 32.1. The molecule has 2 saturated heterocycles. The van der Waals surface area contributed by atoms with E-state index in [-0.39, 0.29) is 5.91 Å². The summed E-state index contributed by atoms with van der Waals surface area (Å²) < 4.78 is 0. The Bertz CT molecular complexity index is 384. The van der Waals surface area contributed by atoms with Crippen LogP contribution in [0.5, 0.6) is 0 Å². The molecule has 2 fully saturated rings. The second kappa shape index (κ2) is 4.78. The second-order valence-corrected chi connectivity index (χ2v) is 5.86. The Balaban J connectivity index is 1.62. The number of rotatable bonds is 2. The number of carbonyl (C=O) groups is 1. The first kappa shape index (κ1) is 11.2. The number of amides is 1. The largest absolute Gasteiger partial charge is 0.336 e. The fraction of sp³-hybridized carbons (Fsp3) is 0.615. The van der Waals surface area contributed by atoms with Crippen LogP contribution in [-0.4, -0.2) is 47.9 Å². The van der Waals surface area contributed by atoms with Gasteiger partial charge in [-0.2, -0.15) is 0 Å². The van der Waals surface area contributed by atoms with E-state index in [1.54, 1.807) is 11.3 Å². The summed E-state index contributed by atoms with van der Waals surface area (Å²) in [7, 11) is 0. The fourth-order valence-corrected chi connectivity index (χ4v) is 3.58. The molecule has 1 unspecified atom stereocenters. The highest BCUT2D eigenvalue weighted by Crippen LogP contribution is 2.22. The lowest BCUT2D eigenvalue weighted by molar-refractivity contribution is 0.0785. The van der Waals surface area contributed by atoms with Gasteiger partial charge in [-0.05, 0) is 43.8 Å². The molecule has 0 spiro atoms. The zero-order chi connectivity index (χ0) is 11.7. The second-order valence-electron chi connectivity index (χ2n) is 4.91. The van der Waals surface area contributed by atoms with E-state index in [1.165, 1.54) is 25.9 Å². The molecule has 92 valence electrons. The molecule has 17 heavy (non-hydrogen) atoms. The molecule has 0 aromatic carbocycles. The molecule has 0 radical (unpaired) electrons. The lowest BCUT2D eigenvalue weighted by Gasteiger charge is -2.23. The van der Waals surface area contributed by atoms with Crippen molar-refractivity contribution in [2.75, 3.05) is 26.2 Å². The number of likely N-dealkylation sites (tertiary alicyclic amines) is 2. The van der Waals surface area contributed by atoms with Gasteiger partial charge in [0.1, 0.15) is 0 Å². The van der Waals surface area contributed by atoms with Crippen molar-refractivity contribution in [3.8, 4) is 0 Å². The molecule has 1 atom stereocenters. The average Bonchev–Trinajstić information content (AvgIpc) is 3.09. The Morgan fingerprint density at radius 1 is 1.29 bits per heavy atom. The van der Waals surface area contributed by atoms with E-state index < -0.39 is 0 Å². The van der Waals surface area contributed by atoms with Gasteiger partial charge in [0.15, 0.2) is 0 Å². The minimum absolute atomic E-state index is 0.224. The Kier molecular flexibility index (Phi) is 3.16. The first-order valence-electron chi connectivity index (χ1n) is 6.41. The van der Waals surface area contributed by atoms with Crippen LogP contribution in [0.25, 0.3) is 0 Å². The Morgan fingerprint density at radius 3 is 2.82 bits per heavy atom. The number of hydrogen-bond donors (Lipinski definition) is 0. The summed E-state index contributed by atoms with van der Waals surface area (Å²) >= 11 is 1.55. The zero-order valence-corrected chi connectivity index (χ0v) is 10.8. The van der Waals surface area contributed by atoms with Crippen molar-refractivity contribution in [1.29, 1.82) is 0 Å². The van der Waals surface area contributed by atoms with E-state index in [0.29, 0.717) is 6.04 Å². The molecule has 3 nitrogen and oxygen atoms in total. The number of hydrogen-bond acceptors (Lipinski definition) is 3. The molecule has 2 aliphatic heterocycles. The molecule has 2 aliphatic rings. The van der Waals surface area contributed by atoms with Crippen LogP contribution in [0.3, 0.4) is 0 Å². The van der Waals surface area contributed by atoms with Gasteiger partial charge in [0.25, 0.3) is 5.91 Å². The van der Waals surface area contributed by atoms with E-state index in [4.69, 9.17) is 0 Å². The van der Waals surface area contributed by atoms with Gasteiger partial charge in [-0.15, -0.1) is 11.3 Å². The normalized spacial score (nSPS) is 25.6. The van der Waals surface area contributed by atoms with Crippen LogP contribution in [0, 0.1) is 0 Å². The summed E-state index contributed by atoms with van der Waals surface area (Å²) in [5, 5.41) is 1.97. The molecule has 4 heteroatoms. The quantitative estimate of drug-likeness (QED) is 0.802. The molecule has 1 amide bonds. The maximum Gasteiger partial charge on any atom is 0.263 e. The van der Waals surface area contributed by atoms with E-state index in [9.17, 15) is 4.79 Å². The van der Waals surface area contributed by atoms with Crippen molar-refractivity contribution in [3.63, 3.8) is 0 Å². The van der Waals surface area contributed by atoms with Crippen LogP contribution in [0.15, 0.2) is 17.5 Å². The Labute approximate surface area is 106 Å². The van der Waals surface area contributed by atoms with Crippen molar-refractivity contribution in [3.05, 3.63) is 22.4 Å². The molecule has 3 heterocycles. The predicted molar refractivity (Wildman–Crippen MR) is 69.4 cm³/mol. The topological polar surface area (TPSA) is 23.6 Å². The number of carbonyl (C=O) groups excluding carboxylic acids is 1. The minimum Gasteiger partial charge on any atom is -0.336 e. The maximum absolute atomic E-state index is 12.2. The lowest BCUT2D eigenvalue weighted by atomic mass is 10.2. The Hall–Kier alpha value is -0.870. The molecule has 0 saturated carbocycles. The van der Waals surface area contributed by atoms with Crippen molar-refractivity contribution in [2.24, 2.45) is 0 Å². The maximum atomic E-state index is 12.2. The van der Waals surface area contributed by atoms with Crippen LogP contribution in [0.1, 0.15) is 28.9 Å². The fourth-order valence-electron chi connectivity index (χ4n) is 2.89. The highest BCUT2D eigenvalue weighted by Gasteiger charge is 2.31. The van der Waals surface area contributed by atoms with Gasteiger partial charge in [0.2, 0.25) is 0 Å². The monoisotopic (exact) mass is 250 g/mol. The third-order valence-corrected chi connectivity index (χ3v) is 4.70. The molecular formula is C13H18N2OS. The van der Waals surface area contributed by atoms with Crippen LogP contribution in [0.2, 0.25) is 0 Å². The predicted octanol–water partition coefficient (Wildman–Crippen LogP) is 2.06. The molecule has 3 rings (SSSR count). The van der Waals surface area contributed by atoms with Gasteiger partial charge in [-0.3, -0.25) is 9.69 Å². The summed E-state index contributed by atoms with van der Waals surface area (Å²) in [6.07, 6.45) is 3.81. The van der Waals surface area contributed by atoms with Crippen molar-refractivity contribution < 1.29 is 4.79 Å². The molecular weight excluding hydrogens is 232 g/mol. The lowest BCUT2D eigenvalue weighted by Crippen LogP contribution is -2.36. The van der Waals surface area contributed by atoms with Gasteiger partial charge >= 0.3 is 0 Å². The summed E-state index contributed by atoms with van der Waals surface area (Å²) in [5.74, 6) is 0.224. The van der Waals surface area contributed by atoms with Gasteiger partial charge < -0.3 is 4.90 Å². The molecule has 0 aliphatic carbocycles. The average molecular weight is 250 g/mol. The molecule has 1 aromatic heterocycles. The first-order valence-corrected chi connectivity index (χ1v) is 7.29. The van der Waals surface area contributed by atoms with Crippen molar-refractivity contribution >= 4 is 17.2 Å². The van der Waals surface area contributed by atoms with Crippen molar-refractivity contribution in [2.45, 2.75) is 25.3 Å². The molecule has 0 bridgehead atoms. The summed E-state index contributed by atoms with van der Waals surface area (Å²) in [6, 6.07) is 4.49. The van der Waals surface area contributed by atoms with Crippen LogP contribution < -0.4 is 0 Å². The van der Waals surface area contributed by atoms with Crippen LogP contribution in [-0.2, 0) is 0 Å². The van der Waals surface area contributed by atoms with Gasteiger partial charge in [-0.1, -0.05) is 6.07 Å². The standard InChI is InChI=1S/C13H18N2OS/c16-13(12-4-3-9-17-12)15-8-5-11(10-15)14-6-1-2-7-14/h3-4,9,11H,1-2,5-8,10H2. The number of thiophene rings is 1. The summed E-state index contributed by atoms with van der Waals surface area (Å²) in [4.78, 5) is 17.6. The number of nitrogens with zero attached hydrogens (tertiary/aromatic N) is 2. The molecule has 0 N–H and O–H groups in total. The Morgan fingerprint density at radius 2 is 2.12 bits per heavy atom. The van der Waals surface area contributed by atoms with Crippen molar-refractivity contribution in [1.82, 2.24) is 9.80 Å². The smallest absolute Gasteiger partial charge is 0.263 e. The molecule has 1 aromatic rings. The third kappa shape index (κ3) is 2.24. The van der Waals surface area contributed by atoms with E-state index in [0.717, 1.165) is 24.4 Å². The van der Waals surface area contributed by atoms with E-state index in [2.05, 4.69) is 4.90 Å². The minimum atomic E-state index is 0.224. The van der Waals surface area contributed by atoms with Gasteiger partial charge in [0.05, 0.1) is 4.88 Å². The van der Waals surface area contributed by atoms with Crippen LogP contribution in [0.4, 0.5) is 0 Å². The van der Waals surface area contributed by atoms with E-state index in [1.807, 2.05) is 22.4 Å². The van der Waals surface area contributed by atoms with Crippen LogP contribution >= 0.6 is 11.3 Å². The summed E-state index contributed by atoms with van der Waals surface area (Å²) in [6.45, 7) is 4.31. The highest BCUT2D eigenvalue weighted by molar-refractivity contribution is 7.12. The van der Waals surface area contributed by atoms with Gasteiger partial charge in [0, 0.05) is 19.1 Å².